The molecule has 0 amide bonds. The number of hydrogen-bond acceptors (Lipinski definition) is 5. The molecule has 0 fully saturated rings. The van der Waals surface area contributed by atoms with Gasteiger partial charge in [0.2, 0.25) is 6.29 Å². The molecule has 0 radical (unpaired) electrons. The topological polar surface area (TPSA) is 54.0 Å². The third-order valence-electron chi connectivity index (χ3n) is 3.39. The van der Waals surface area contributed by atoms with Gasteiger partial charge in [0.25, 0.3) is 0 Å². The van der Waals surface area contributed by atoms with Gasteiger partial charge in [-0.2, -0.15) is 0 Å². The Balaban J connectivity index is 1.86. The first kappa shape index (κ1) is 15.6. The minimum atomic E-state index is -0.579. The van der Waals surface area contributed by atoms with Gasteiger partial charge in [-0.15, -0.1) is 11.6 Å². The van der Waals surface area contributed by atoms with Crippen LogP contribution in [0.15, 0.2) is 42.5 Å². The van der Waals surface area contributed by atoms with Crippen LogP contribution in [0, 0.1) is 0 Å². The molecule has 0 aromatic heterocycles. The first-order valence-corrected chi connectivity index (χ1v) is 7.55. The minimum Gasteiger partial charge on any atom is -0.493 e. The van der Waals surface area contributed by atoms with Crippen LogP contribution in [0.3, 0.4) is 0 Å². The molecule has 2 aromatic carbocycles. The number of carbonyl (C=O) groups excluding carboxylic acids is 1. The third-order valence-corrected chi connectivity index (χ3v) is 3.61. The Kier molecular flexibility index (Phi) is 4.69. The van der Waals surface area contributed by atoms with E-state index in [0.29, 0.717) is 12.4 Å². The van der Waals surface area contributed by atoms with Crippen molar-refractivity contribution < 1.29 is 23.7 Å². The van der Waals surface area contributed by atoms with Gasteiger partial charge in [0.05, 0.1) is 13.7 Å². The van der Waals surface area contributed by atoms with Crippen molar-refractivity contribution in [2.45, 2.75) is 12.9 Å². The first-order valence-electron chi connectivity index (χ1n) is 7.02. The summed E-state index contributed by atoms with van der Waals surface area (Å²) in [5.74, 6) is 0.693. The molecule has 6 heteroatoms. The molecule has 3 rings (SSSR count). The van der Waals surface area contributed by atoms with Crippen LogP contribution in [0.2, 0.25) is 0 Å². The van der Waals surface area contributed by atoms with E-state index >= 15 is 0 Å². The van der Waals surface area contributed by atoms with Crippen molar-refractivity contribution in [2.75, 3.05) is 13.0 Å². The van der Waals surface area contributed by atoms with E-state index in [1.54, 1.807) is 18.2 Å². The molecule has 120 valence electrons. The SMILES string of the molecule is COc1ccc(C2OCc3ccccc3O2)cc1OC(=O)CCl. The molecule has 1 aliphatic heterocycles. The Hall–Kier alpha value is -2.24. The summed E-state index contributed by atoms with van der Waals surface area (Å²) in [6, 6.07) is 12.8. The summed E-state index contributed by atoms with van der Waals surface area (Å²) in [5, 5.41) is 0. The summed E-state index contributed by atoms with van der Waals surface area (Å²) in [6.07, 6.45) is -0.579. The van der Waals surface area contributed by atoms with Crippen molar-refractivity contribution in [3.63, 3.8) is 0 Å². The highest BCUT2D eigenvalue weighted by Crippen LogP contribution is 2.36. The van der Waals surface area contributed by atoms with Gasteiger partial charge >= 0.3 is 5.97 Å². The maximum absolute atomic E-state index is 11.4. The molecule has 2 aromatic rings. The van der Waals surface area contributed by atoms with Crippen molar-refractivity contribution in [3.8, 4) is 17.2 Å². The zero-order chi connectivity index (χ0) is 16.2. The highest BCUT2D eigenvalue weighted by Gasteiger charge is 2.23. The number of hydrogen-bond donors (Lipinski definition) is 0. The zero-order valence-electron chi connectivity index (χ0n) is 12.5. The summed E-state index contributed by atoms with van der Waals surface area (Å²) in [7, 11) is 1.50. The molecule has 0 spiro atoms. The molecule has 23 heavy (non-hydrogen) atoms. The van der Waals surface area contributed by atoms with Crippen LogP contribution in [0.4, 0.5) is 0 Å². The molecule has 0 N–H and O–H groups in total. The van der Waals surface area contributed by atoms with Crippen molar-refractivity contribution in [2.24, 2.45) is 0 Å². The molecule has 0 bridgehead atoms. The van der Waals surface area contributed by atoms with E-state index in [4.69, 9.17) is 30.5 Å². The molecule has 0 aliphatic carbocycles. The fourth-order valence-electron chi connectivity index (χ4n) is 2.29. The molecule has 1 unspecified atom stereocenters. The van der Waals surface area contributed by atoms with Gasteiger partial charge in [-0.1, -0.05) is 18.2 Å². The molecule has 0 saturated carbocycles. The zero-order valence-corrected chi connectivity index (χ0v) is 13.2. The van der Waals surface area contributed by atoms with E-state index in [2.05, 4.69) is 0 Å². The summed E-state index contributed by atoms with van der Waals surface area (Å²) in [5.41, 5.74) is 1.71. The quantitative estimate of drug-likeness (QED) is 0.487. The Morgan fingerprint density at radius 1 is 1.26 bits per heavy atom. The highest BCUT2D eigenvalue weighted by molar-refractivity contribution is 6.26. The lowest BCUT2D eigenvalue weighted by molar-refractivity contribution is -0.131. The number of halogens is 1. The van der Waals surface area contributed by atoms with E-state index in [0.717, 1.165) is 16.9 Å². The van der Waals surface area contributed by atoms with Gasteiger partial charge < -0.3 is 18.9 Å². The van der Waals surface area contributed by atoms with Gasteiger partial charge in [0.15, 0.2) is 11.5 Å². The van der Waals surface area contributed by atoms with Crippen LogP contribution < -0.4 is 14.2 Å². The Morgan fingerprint density at radius 2 is 2.09 bits per heavy atom. The normalized spacial score (nSPS) is 16.2. The standard InChI is InChI=1S/C17H15ClO5/c1-20-14-7-6-11(8-15(14)22-16(19)9-18)17-21-10-12-4-2-3-5-13(12)23-17/h2-8,17H,9-10H2,1H3. The molecule has 5 nitrogen and oxygen atoms in total. The lowest BCUT2D eigenvalue weighted by Gasteiger charge is -2.26. The van der Waals surface area contributed by atoms with E-state index < -0.39 is 12.3 Å². The number of esters is 1. The predicted octanol–water partition coefficient (Wildman–Crippen LogP) is 3.45. The summed E-state index contributed by atoms with van der Waals surface area (Å²) in [6.45, 7) is 0.448. The van der Waals surface area contributed by atoms with Crippen LogP contribution >= 0.6 is 11.6 Å². The molecule has 1 aliphatic rings. The van der Waals surface area contributed by atoms with Crippen LogP contribution in [0.1, 0.15) is 17.4 Å². The number of methoxy groups -OCH3 is 1. The Labute approximate surface area is 138 Å². The minimum absolute atomic E-state index is 0.239. The summed E-state index contributed by atoms with van der Waals surface area (Å²) < 4.78 is 21.9. The molecule has 1 heterocycles. The van der Waals surface area contributed by atoms with Crippen LogP contribution in [0.25, 0.3) is 0 Å². The second kappa shape index (κ2) is 6.89. The fourth-order valence-corrected chi connectivity index (χ4v) is 2.34. The second-order valence-electron chi connectivity index (χ2n) is 4.89. The van der Waals surface area contributed by atoms with Crippen molar-refractivity contribution in [1.29, 1.82) is 0 Å². The number of carbonyl (C=O) groups is 1. The van der Waals surface area contributed by atoms with Gasteiger partial charge in [-0.3, -0.25) is 4.79 Å². The maximum Gasteiger partial charge on any atom is 0.326 e. The number of rotatable bonds is 4. The van der Waals surface area contributed by atoms with E-state index in [-0.39, 0.29) is 11.6 Å². The van der Waals surface area contributed by atoms with Crippen LogP contribution in [0.5, 0.6) is 17.2 Å². The number of alkyl halides is 1. The van der Waals surface area contributed by atoms with Crippen molar-refractivity contribution in [1.82, 2.24) is 0 Å². The van der Waals surface area contributed by atoms with Gasteiger partial charge in [0, 0.05) is 11.1 Å². The van der Waals surface area contributed by atoms with Crippen molar-refractivity contribution in [3.05, 3.63) is 53.6 Å². The lowest BCUT2D eigenvalue weighted by Crippen LogP contribution is -2.18. The number of fused-ring (bicyclic) bond motifs is 1. The predicted molar refractivity (Wildman–Crippen MR) is 83.9 cm³/mol. The smallest absolute Gasteiger partial charge is 0.326 e. The number of ether oxygens (including phenoxy) is 4. The average Bonchev–Trinajstić information content (AvgIpc) is 2.61. The summed E-state index contributed by atoms with van der Waals surface area (Å²) in [4.78, 5) is 11.4. The van der Waals surface area contributed by atoms with Crippen molar-refractivity contribution >= 4 is 17.6 Å². The maximum atomic E-state index is 11.4. The molecular weight excluding hydrogens is 320 g/mol. The third kappa shape index (κ3) is 3.41. The van der Waals surface area contributed by atoms with E-state index in [1.807, 2.05) is 24.3 Å². The van der Waals surface area contributed by atoms with E-state index in [1.165, 1.54) is 7.11 Å². The second-order valence-corrected chi connectivity index (χ2v) is 5.15. The van der Waals surface area contributed by atoms with E-state index in [9.17, 15) is 4.79 Å². The molecular formula is C17H15ClO5. The monoisotopic (exact) mass is 334 g/mol. The first-order chi connectivity index (χ1) is 11.2. The number of para-hydroxylation sites is 1. The van der Waals surface area contributed by atoms with Gasteiger partial charge in [0.1, 0.15) is 11.6 Å². The lowest BCUT2D eigenvalue weighted by atomic mass is 10.1. The highest BCUT2D eigenvalue weighted by atomic mass is 35.5. The largest absolute Gasteiger partial charge is 0.493 e. The number of benzene rings is 2. The fraction of sp³-hybridized carbons (Fsp3) is 0.235. The Bertz CT molecular complexity index is 716. The summed E-state index contributed by atoms with van der Waals surface area (Å²) >= 11 is 5.48. The average molecular weight is 335 g/mol. The Morgan fingerprint density at radius 3 is 2.87 bits per heavy atom. The van der Waals surface area contributed by atoms with Crippen LogP contribution in [-0.4, -0.2) is 19.0 Å². The molecule has 1 atom stereocenters. The van der Waals surface area contributed by atoms with Gasteiger partial charge in [-0.25, -0.2) is 0 Å². The molecule has 0 saturated heterocycles. The van der Waals surface area contributed by atoms with Crippen LogP contribution in [-0.2, 0) is 16.1 Å². The van der Waals surface area contributed by atoms with Gasteiger partial charge in [-0.05, 0) is 24.3 Å².